The van der Waals surface area contributed by atoms with Gasteiger partial charge in [-0.05, 0) is 56.2 Å². The summed E-state index contributed by atoms with van der Waals surface area (Å²) in [4.78, 5) is 2.27. The van der Waals surface area contributed by atoms with Gasteiger partial charge in [0, 0.05) is 48.0 Å². The second-order valence-corrected chi connectivity index (χ2v) is 7.39. The van der Waals surface area contributed by atoms with E-state index in [1.54, 1.807) is 7.11 Å². The first-order valence-electron chi connectivity index (χ1n) is 9.85. The van der Waals surface area contributed by atoms with Gasteiger partial charge in [-0.1, -0.05) is 31.2 Å². The zero-order chi connectivity index (χ0) is 20.1. The minimum absolute atomic E-state index is 0.328. The van der Waals surface area contributed by atoms with Crippen LogP contribution in [0.25, 0.3) is 10.9 Å². The largest absolute Gasteiger partial charge is 0.497 e. The zero-order valence-corrected chi connectivity index (χ0v) is 17.9. The third-order valence-corrected chi connectivity index (χ3v) is 5.59. The molecule has 1 aromatic heterocycles. The van der Waals surface area contributed by atoms with Crippen LogP contribution in [0.2, 0.25) is 0 Å². The summed E-state index contributed by atoms with van der Waals surface area (Å²) in [5.41, 5.74) is 3.51. The van der Waals surface area contributed by atoms with Gasteiger partial charge in [0.25, 0.3) is 0 Å². The van der Waals surface area contributed by atoms with Crippen LogP contribution in [0.5, 0.6) is 5.75 Å². The Kier molecular flexibility index (Phi) is 6.57. The first-order chi connectivity index (χ1) is 13.6. The van der Waals surface area contributed by atoms with Gasteiger partial charge >= 0.3 is 0 Å². The number of para-hydroxylation sites is 1. The lowest BCUT2D eigenvalue weighted by Crippen LogP contribution is -2.40. The zero-order valence-electron chi connectivity index (χ0n) is 17.1. The number of anilines is 1. The van der Waals surface area contributed by atoms with Gasteiger partial charge in [-0.3, -0.25) is 0 Å². The van der Waals surface area contributed by atoms with E-state index in [1.165, 1.54) is 16.5 Å². The summed E-state index contributed by atoms with van der Waals surface area (Å²) in [6.45, 7) is 8.33. The number of nitrogens with zero attached hydrogens (tertiary/aromatic N) is 2. The number of methoxy groups -OCH3 is 1. The molecule has 0 radical (unpaired) electrons. The molecule has 0 unspecified atom stereocenters. The first-order valence-corrected chi connectivity index (χ1v) is 10.3. The van der Waals surface area contributed by atoms with Crippen LogP contribution in [0.4, 0.5) is 5.69 Å². The average molecular weight is 396 g/mol. The number of nitrogens with one attached hydrogen (secondary N) is 1. The molecule has 3 rings (SSSR count). The quantitative estimate of drug-likeness (QED) is 0.522. The predicted molar refractivity (Wildman–Crippen MR) is 122 cm³/mol. The van der Waals surface area contributed by atoms with Crippen LogP contribution < -0.4 is 10.1 Å². The van der Waals surface area contributed by atoms with Crippen LogP contribution in [-0.2, 0) is 13.1 Å². The fraction of sp³-hybridized carbons (Fsp3) is 0.348. The lowest BCUT2D eigenvalue weighted by atomic mass is 10.1. The number of thiocarbonyl (C=S) groups is 1. The Balaban J connectivity index is 1.87. The molecular weight excluding hydrogens is 366 g/mol. The Morgan fingerprint density at radius 3 is 2.68 bits per heavy atom. The minimum Gasteiger partial charge on any atom is -0.497 e. The van der Waals surface area contributed by atoms with E-state index in [9.17, 15) is 0 Å². The van der Waals surface area contributed by atoms with E-state index < -0.39 is 0 Å². The molecule has 0 bridgehead atoms. The molecule has 1 N–H and O–H groups in total. The summed E-state index contributed by atoms with van der Waals surface area (Å²) in [5.74, 6) is 0.814. The molecular formula is C23H29N3OS. The number of aryl methyl sites for hydroxylation is 1. The van der Waals surface area contributed by atoms with E-state index in [2.05, 4.69) is 66.0 Å². The molecule has 0 saturated heterocycles. The van der Waals surface area contributed by atoms with Crippen molar-refractivity contribution in [2.75, 3.05) is 12.4 Å². The van der Waals surface area contributed by atoms with Gasteiger partial charge in [-0.2, -0.15) is 0 Å². The van der Waals surface area contributed by atoms with Crippen molar-refractivity contribution in [3.05, 3.63) is 60.3 Å². The van der Waals surface area contributed by atoms with E-state index in [0.717, 1.165) is 36.1 Å². The molecule has 28 heavy (non-hydrogen) atoms. The Bertz CT molecular complexity index is 950. The van der Waals surface area contributed by atoms with Gasteiger partial charge in [0.05, 0.1) is 7.11 Å². The molecule has 148 valence electrons. The number of ether oxygens (including phenoxy) is 1. The van der Waals surface area contributed by atoms with Gasteiger partial charge < -0.3 is 19.5 Å². The topological polar surface area (TPSA) is 29.4 Å². The lowest BCUT2D eigenvalue weighted by Gasteiger charge is -2.31. The van der Waals surface area contributed by atoms with Crippen LogP contribution in [0.3, 0.4) is 0 Å². The fourth-order valence-electron chi connectivity index (χ4n) is 3.44. The standard InChI is InChI=1S/C23H29N3OS/c1-5-17(3)26(23(28)24-19-10-9-11-20(14-19)27-4)16-18-15-25(6-2)22-13-8-7-12-21(18)22/h7-15,17H,5-6,16H2,1-4H3,(H,24,28)/t17-/m0/s1. The highest BCUT2D eigenvalue weighted by atomic mass is 32.1. The summed E-state index contributed by atoms with van der Waals surface area (Å²) < 4.78 is 7.63. The van der Waals surface area contributed by atoms with Crippen molar-refractivity contribution in [3.8, 4) is 5.75 Å². The summed E-state index contributed by atoms with van der Waals surface area (Å²) >= 11 is 5.80. The number of fused-ring (bicyclic) bond motifs is 1. The molecule has 2 aromatic carbocycles. The van der Waals surface area contributed by atoms with Crippen LogP contribution in [0.1, 0.15) is 32.8 Å². The smallest absolute Gasteiger partial charge is 0.173 e. The van der Waals surface area contributed by atoms with E-state index in [1.807, 2.05) is 24.3 Å². The molecule has 0 amide bonds. The van der Waals surface area contributed by atoms with Gasteiger partial charge in [0.2, 0.25) is 0 Å². The SMILES string of the molecule is CC[C@H](C)N(Cc1cn(CC)c2ccccc12)C(=S)Nc1cccc(OC)c1. The van der Waals surface area contributed by atoms with Crippen molar-refractivity contribution >= 4 is 33.9 Å². The van der Waals surface area contributed by atoms with Crippen molar-refractivity contribution < 1.29 is 4.74 Å². The average Bonchev–Trinajstić information content (AvgIpc) is 3.09. The van der Waals surface area contributed by atoms with Crippen molar-refractivity contribution in [2.24, 2.45) is 0 Å². The minimum atomic E-state index is 0.328. The summed E-state index contributed by atoms with van der Waals surface area (Å²) in [7, 11) is 1.67. The molecule has 3 aromatic rings. The van der Waals surface area contributed by atoms with E-state index in [-0.39, 0.29) is 0 Å². The second kappa shape index (κ2) is 9.11. The predicted octanol–water partition coefficient (Wildman–Crippen LogP) is 5.67. The Morgan fingerprint density at radius 2 is 1.96 bits per heavy atom. The van der Waals surface area contributed by atoms with Gasteiger partial charge in [-0.15, -0.1) is 0 Å². The normalized spacial score (nSPS) is 12.0. The Hall–Kier alpha value is -2.53. The van der Waals surface area contributed by atoms with E-state index >= 15 is 0 Å². The number of aromatic nitrogens is 1. The molecule has 4 nitrogen and oxygen atoms in total. The van der Waals surface area contributed by atoms with E-state index in [0.29, 0.717) is 6.04 Å². The van der Waals surface area contributed by atoms with Crippen LogP contribution >= 0.6 is 12.2 Å². The molecule has 0 spiro atoms. The van der Waals surface area contributed by atoms with Crippen LogP contribution in [-0.4, -0.2) is 27.7 Å². The maximum absolute atomic E-state index is 5.80. The molecule has 0 aliphatic heterocycles. The van der Waals surface area contributed by atoms with Gasteiger partial charge in [0.15, 0.2) is 5.11 Å². The summed E-state index contributed by atoms with van der Waals surface area (Å²) in [6.07, 6.45) is 3.28. The van der Waals surface area contributed by atoms with E-state index in [4.69, 9.17) is 17.0 Å². The number of benzene rings is 2. The van der Waals surface area contributed by atoms with Crippen molar-refractivity contribution in [3.63, 3.8) is 0 Å². The third-order valence-electron chi connectivity index (χ3n) is 5.26. The Morgan fingerprint density at radius 1 is 1.18 bits per heavy atom. The van der Waals surface area contributed by atoms with Crippen molar-refractivity contribution in [1.29, 1.82) is 0 Å². The monoisotopic (exact) mass is 395 g/mol. The molecule has 1 atom stereocenters. The molecule has 0 saturated carbocycles. The van der Waals surface area contributed by atoms with Crippen molar-refractivity contribution in [2.45, 2.75) is 46.3 Å². The second-order valence-electron chi connectivity index (χ2n) is 7.00. The van der Waals surface area contributed by atoms with Crippen molar-refractivity contribution in [1.82, 2.24) is 9.47 Å². The first kappa shape index (κ1) is 20.2. The highest BCUT2D eigenvalue weighted by Gasteiger charge is 2.19. The third kappa shape index (κ3) is 4.30. The number of rotatable bonds is 7. The molecule has 5 heteroatoms. The summed E-state index contributed by atoms with van der Waals surface area (Å²) in [6, 6.07) is 16.8. The van der Waals surface area contributed by atoms with Crippen LogP contribution in [0, 0.1) is 0 Å². The molecule has 0 fully saturated rings. The van der Waals surface area contributed by atoms with Gasteiger partial charge in [0.1, 0.15) is 5.75 Å². The Labute approximate surface area is 173 Å². The number of hydrogen-bond acceptors (Lipinski definition) is 2. The lowest BCUT2D eigenvalue weighted by molar-refractivity contribution is 0.320. The fourth-order valence-corrected chi connectivity index (χ4v) is 3.80. The maximum Gasteiger partial charge on any atom is 0.173 e. The summed E-state index contributed by atoms with van der Waals surface area (Å²) in [5, 5.41) is 5.42. The molecule has 1 heterocycles. The molecule has 0 aliphatic carbocycles. The maximum atomic E-state index is 5.80. The highest BCUT2D eigenvalue weighted by Crippen LogP contribution is 2.25. The highest BCUT2D eigenvalue weighted by molar-refractivity contribution is 7.80. The number of hydrogen-bond donors (Lipinski definition) is 1. The van der Waals surface area contributed by atoms with Gasteiger partial charge in [-0.25, -0.2) is 0 Å². The van der Waals surface area contributed by atoms with Crippen LogP contribution in [0.15, 0.2) is 54.7 Å². The molecule has 0 aliphatic rings.